The molecule has 1 heterocycles. The van der Waals surface area contributed by atoms with E-state index in [1.54, 1.807) is 0 Å². The van der Waals surface area contributed by atoms with Gasteiger partial charge in [-0.2, -0.15) is 0 Å². The standard InChI is InChI=1S/C11H13Br2NO.ClH/c12-7-5-8(11(15)9(13)6-7)10-3-1-2-4-14-10;/h5-6,10,14-15H,1-4H2;1H/t10-;/m0./s1. The molecule has 1 fully saturated rings. The van der Waals surface area contributed by atoms with Crippen molar-refractivity contribution in [3.05, 3.63) is 26.6 Å². The fourth-order valence-electron chi connectivity index (χ4n) is 1.97. The summed E-state index contributed by atoms with van der Waals surface area (Å²) in [5.74, 6) is 0.359. The third-order valence-corrected chi connectivity index (χ3v) is 3.81. The van der Waals surface area contributed by atoms with Gasteiger partial charge in [-0.15, -0.1) is 12.4 Å². The molecule has 16 heavy (non-hydrogen) atoms. The Hall–Kier alpha value is 0.230. The first kappa shape index (κ1) is 14.3. The van der Waals surface area contributed by atoms with Crippen molar-refractivity contribution in [1.29, 1.82) is 0 Å². The second kappa shape index (κ2) is 6.24. The van der Waals surface area contributed by atoms with Gasteiger partial charge in [0.2, 0.25) is 0 Å². The van der Waals surface area contributed by atoms with Gasteiger partial charge in [0.25, 0.3) is 0 Å². The summed E-state index contributed by atoms with van der Waals surface area (Å²) >= 11 is 6.80. The van der Waals surface area contributed by atoms with Crippen LogP contribution in [-0.2, 0) is 0 Å². The monoisotopic (exact) mass is 369 g/mol. The smallest absolute Gasteiger partial charge is 0.134 e. The Morgan fingerprint density at radius 3 is 2.62 bits per heavy atom. The van der Waals surface area contributed by atoms with E-state index in [0.717, 1.165) is 27.5 Å². The minimum absolute atomic E-state index is 0. The highest BCUT2D eigenvalue weighted by Crippen LogP contribution is 2.37. The third-order valence-electron chi connectivity index (χ3n) is 2.74. The molecule has 1 aromatic carbocycles. The van der Waals surface area contributed by atoms with Crippen LogP contribution in [0.2, 0.25) is 0 Å². The van der Waals surface area contributed by atoms with Crippen LogP contribution in [0.25, 0.3) is 0 Å². The van der Waals surface area contributed by atoms with E-state index in [0.29, 0.717) is 5.75 Å². The van der Waals surface area contributed by atoms with Crippen molar-refractivity contribution in [2.24, 2.45) is 0 Å². The number of hydrogen-bond donors (Lipinski definition) is 2. The summed E-state index contributed by atoms with van der Waals surface area (Å²) < 4.78 is 1.74. The van der Waals surface area contributed by atoms with Crippen molar-refractivity contribution in [2.75, 3.05) is 6.54 Å². The number of nitrogens with one attached hydrogen (secondary N) is 1. The number of phenolic OH excluding ortho intramolecular Hbond substituents is 1. The van der Waals surface area contributed by atoms with Crippen LogP contribution in [0, 0.1) is 0 Å². The van der Waals surface area contributed by atoms with Crippen LogP contribution in [0.5, 0.6) is 5.75 Å². The van der Waals surface area contributed by atoms with Crippen LogP contribution < -0.4 is 5.32 Å². The maximum atomic E-state index is 9.97. The van der Waals surface area contributed by atoms with E-state index < -0.39 is 0 Å². The molecule has 1 aliphatic rings. The van der Waals surface area contributed by atoms with Crippen molar-refractivity contribution >= 4 is 44.3 Å². The van der Waals surface area contributed by atoms with E-state index in [1.165, 1.54) is 12.8 Å². The van der Waals surface area contributed by atoms with Gasteiger partial charge in [-0.05, 0) is 47.4 Å². The number of halogens is 3. The minimum Gasteiger partial charge on any atom is -0.506 e. The Morgan fingerprint density at radius 1 is 1.25 bits per heavy atom. The lowest BCUT2D eigenvalue weighted by Crippen LogP contribution is -2.26. The van der Waals surface area contributed by atoms with Gasteiger partial charge in [-0.3, -0.25) is 0 Å². The number of phenols is 1. The first-order chi connectivity index (χ1) is 7.18. The van der Waals surface area contributed by atoms with Crippen LogP contribution >= 0.6 is 44.3 Å². The van der Waals surface area contributed by atoms with E-state index in [2.05, 4.69) is 37.2 Å². The molecule has 5 heteroatoms. The molecule has 0 aromatic heterocycles. The van der Waals surface area contributed by atoms with E-state index in [9.17, 15) is 5.11 Å². The Kier molecular flexibility index (Phi) is 5.57. The molecule has 1 aromatic rings. The predicted molar refractivity (Wildman–Crippen MR) is 75.3 cm³/mol. The van der Waals surface area contributed by atoms with Gasteiger partial charge in [0.15, 0.2) is 0 Å². The quantitative estimate of drug-likeness (QED) is 0.777. The zero-order valence-corrected chi connectivity index (χ0v) is 12.7. The van der Waals surface area contributed by atoms with Crippen LogP contribution in [0.15, 0.2) is 21.1 Å². The van der Waals surface area contributed by atoms with Crippen molar-refractivity contribution in [3.63, 3.8) is 0 Å². The average Bonchev–Trinajstić information content (AvgIpc) is 2.24. The fourth-order valence-corrected chi connectivity index (χ4v) is 3.23. The van der Waals surface area contributed by atoms with Crippen LogP contribution in [0.4, 0.5) is 0 Å². The lowest BCUT2D eigenvalue weighted by molar-refractivity contribution is 0.389. The SMILES string of the molecule is Cl.Oc1c(Br)cc(Br)cc1[C@@H]1CCCCN1. The first-order valence-corrected chi connectivity index (χ1v) is 6.68. The van der Waals surface area contributed by atoms with E-state index in [4.69, 9.17) is 0 Å². The molecule has 2 N–H and O–H groups in total. The van der Waals surface area contributed by atoms with Gasteiger partial charge in [0.1, 0.15) is 5.75 Å². The van der Waals surface area contributed by atoms with Crippen LogP contribution in [0.1, 0.15) is 30.9 Å². The predicted octanol–water partition coefficient (Wildman–Crippen LogP) is 4.15. The van der Waals surface area contributed by atoms with E-state index in [1.807, 2.05) is 12.1 Å². The Balaban J connectivity index is 0.00000128. The Labute approximate surface area is 118 Å². The molecule has 0 unspecified atom stereocenters. The second-order valence-corrected chi connectivity index (χ2v) is 5.60. The zero-order chi connectivity index (χ0) is 10.8. The third kappa shape index (κ3) is 3.13. The topological polar surface area (TPSA) is 32.3 Å². The van der Waals surface area contributed by atoms with Crippen LogP contribution in [-0.4, -0.2) is 11.7 Å². The number of benzene rings is 1. The summed E-state index contributed by atoms with van der Waals surface area (Å²) in [6.07, 6.45) is 3.55. The minimum atomic E-state index is 0. The molecule has 0 radical (unpaired) electrons. The lowest BCUT2D eigenvalue weighted by Gasteiger charge is -2.25. The average molecular weight is 372 g/mol. The van der Waals surface area contributed by atoms with Gasteiger partial charge >= 0.3 is 0 Å². The van der Waals surface area contributed by atoms with Crippen LogP contribution in [0.3, 0.4) is 0 Å². The highest BCUT2D eigenvalue weighted by atomic mass is 79.9. The zero-order valence-electron chi connectivity index (χ0n) is 8.67. The Morgan fingerprint density at radius 2 is 2.00 bits per heavy atom. The molecule has 0 spiro atoms. The second-order valence-electron chi connectivity index (χ2n) is 3.83. The van der Waals surface area contributed by atoms with Crippen molar-refractivity contribution in [3.8, 4) is 5.75 Å². The summed E-state index contributed by atoms with van der Waals surface area (Å²) in [6, 6.07) is 4.14. The Bertz CT molecular complexity index is 367. The maximum absolute atomic E-state index is 9.97. The molecule has 90 valence electrons. The summed E-state index contributed by atoms with van der Waals surface area (Å²) in [4.78, 5) is 0. The summed E-state index contributed by atoms with van der Waals surface area (Å²) in [5, 5.41) is 13.4. The first-order valence-electron chi connectivity index (χ1n) is 5.10. The normalized spacial score (nSPS) is 20.2. The molecule has 0 saturated carbocycles. The molecule has 0 amide bonds. The van der Waals surface area contributed by atoms with Crippen molar-refractivity contribution < 1.29 is 5.11 Å². The van der Waals surface area contributed by atoms with E-state index >= 15 is 0 Å². The molecule has 2 rings (SSSR count). The molecule has 1 aliphatic heterocycles. The lowest BCUT2D eigenvalue weighted by atomic mass is 9.97. The van der Waals surface area contributed by atoms with E-state index in [-0.39, 0.29) is 18.4 Å². The van der Waals surface area contributed by atoms with Gasteiger partial charge < -0.3 is 10.4 Å². The fraction of sp³-hybridized carbons (Fsp3) is 0.455. The maximum Gasteiger partial charge on any atom is 0.134 e. The molecule has 1 saturated heterocycles. The highest BCUT2D eigenvalue weighted by molar-refractivity contribution is 9.11. The molecule has 0 aliphatic carbocycles. The molecule has 0 bridgehead atoms. The van der Waals surface area contributed by atoms with Gasteiger partial charge in [0, 0.05) is 16.1 Å². The van der Waals surface area contributed by atoms with Crippen molar-refractivity contribution in [2.45, 2.75) is 25.3 Å². The number of aromatic hydroxyl groups is 1. The molecular formula is C11H14Br2ClNO. The molecular weight excluding hydrogens is 357 g/mol. The number of hydrogen-bond acceptors (Lipinski definition) is 2. The highest BCUT2D eigenvalue weighted by Gasteiger charge is 2.19. The molecule has 1 atom stereocenters. The summed E-state index contributed by atoms with van der Waals surface area (Å²) in [5.41, 5.74) is 0.982. The van der Waals surface area contributed by atoms with Gasteiger partial charge in [-0.1, -0.05) is 22.4 Å². The van der Waals surface area contributed by atoms with Gasteiger partial charge in [-0.25, -0.2) is 0 Å². The van der Waals surface area contributed by atoms with Crippen molar-refractivity contribution in [1.82, 2.24) is 5.32 Å². The largest absolute Gasteiger partial charge is 0.506 e. The number of piperidine rings is 1. The summed E-state index contributed by atoms with van der Waals surface area (Å²) in [7, 11) is 0. The molecule has 2 nitrogen and oxygen atoms in total. The number of rotatable bonds is 1. The van der Waals surface area contributed by atoms with Gasteiger partial charge in [0.05, 0.1) is 4.47 Å². The summed E-state index contributed by atoms with van der Waals surface area (Å²) in [6.45, 7) is 1.04.